The van der Waals surface area contributed by atoms with Gasteiger partial charge in [-0.25, -0.2) is 0 Å². The summed E-state index contributed by atoms with van der Waals surface area (Å²) in [5.41, 5.74) is 7.25. The molecule has 2 aromatic rings. The van der Waals surface area contributed by atoms with Gasteiger partial charge < -0.3 is 10.3 Å². The number of hydrogen-bond donors (Lipinski definition) is 1. The highest BCUT2D eigenvalue weighted by Gasteiger charge is 2.01. The van der Waals surface area contributed by atoms with E-state index in [1.54, 1.807) is 16.8 Å². The number of nitrogens with two attached hydrogens (primary N) is 1. The molecule has 4 heteroatoms. The van der Waals surface area contributed by atoms with Crippen LogP contribution in [0.1, 0.15) is 11.1 Å². The maximum absolute atomic E-state index is 11.7. The zero-order valence-corrected chi connectivity index (χ0v) is 9.98. The quantitative estimate of drug-likeness (QED) is 0.833. The number of hydrogen-bond acceptors (Lipinski definition) is 2. The minimum Gasteiger partial charge on any atom is -0.389 e. The van der Waals surface area contributed by atoms with Crippen LogP contribution < -0.4 is 11.3 Å². The van der Waals surface area contributed by atoms with E-state index in [0.29, 0.717) is 17.1 Å². The molecule has 86 valence electrons. The maximum Gasteiger partial charge on any atom is 0.250 e. The first-order chi connectivity index (χ1) is 8.16. The maximum atomic E-state index is 11.7. The normalized spacial score (nSPS) is 10.1. The number of rotatable bonds is 3. The largest absolute Gasteiger partial charge is 0.389 e. The lowest BCUT2D eigenvalue weighted by Crippen LogP contribution is -2.22. The van der Waals surface area contributed by atoms with E-state index in [9.17, 15) is 4.79 Å². The summed E-state index contributed by atoms with van der Waals surface area (Å²) >= 11 is 4.89. The Kier molecular flexibility index (Phi) is 3.35. The number of aromatic nitrogens is 1. The van der Waals surface area contributed by atoms with Gasteiger partial charge in [0.2, 0.25) is 0 Å². The Bertz CT molecular complexity index is 590. The fraction of sp³-hybridized carbons (Fsp3) is 0.0769. The number of pyridine rings is 1. The van der Waals surface area contributed by atoms with Crippen LogP contribution in [0.4, 0.5) is 0 Å². The van der Waals surface area contributed by atoms with Crippen LogP contribution in [-0.4, -0.2) is 9.56 Å². The van der Waals surface area contributed by atoms with Gasteiger partial charge in [0.25, 0.3) is 5.56 Å². The van der Waals surface area contributed by atoms with E-state index in [1.807, 2.05) is 30.3 Å². The van der Waals surface area contributed by atoms with Crippen molar-refractivity contribution in [3.05, 3.63) is 70.1 Å². The molecule has 0 saturated carbocycles. The molecule has 0 aliphatic rings. The molecule has 1 aromatic heterocycles. The van der Waals surface area contributed by atoms with Crippen LogP contribution in [0.2, 0.25) is 0 Å². The van der Waals surface area contributed by atoms with Gasteiger partial charge in [0, 0.05) is 17.8 Å². The van der Waals surface area contributed by atoms with Crippen molar-refractivity contribution >= 4 is 17.2 Å². The monoisotopic (exact) mass is 244 g/mol. The van der Waals surface area contributed by atoms with Crippen molar-refractivity contribution in [2.75, 3.05) is 0 Å². The van der Waals surface area contributed by atoms with Crippen molar-refractivity contribution in [3.63, 3.8) is 0 Å². The molecule has 0 aliphatic carbocycles. The van der Waals surface area contributed by atoms with Gasteiger partial charge in [-0.05, 0) is 11.6 Å². The zero-order chi connectivity index (χ0) is 12.3. The van der Waals surface area contributed by atoms with Crippen molar-refractivity contribution in [1.82, 2.24) is 4.57 Å². The molecule has 0 radical (unpaired) electrons. The number of benzene rings is 1. The highest BCUT2D eigenvalue weighted by atomic mass is 32.1. The highest BCUT2D eigenvalue weighted by Crippen LogP contribution is 2.02. The van der Waals surface area contributed by atoms with Crippen molar-refractivity contribution in [2.45, 2.75) is 6.54 Å². The molecule has 0 bridgehead atoms. The Morgan fingerprint density at radius 3 is 2.53 bits per heavy atom. The van der Waals surface area contributed by atoms with Gasteiger partial charge in [0.1, 0.15) is 4.99 Å². The Hall–Kier alpha value is -1.94. The molecule has 0 saturated heterocycles. The summed E-state index contributed by atoms with van der Waals surface area (Å²) in [7, 11) is 0. The van der Waals surface area contributed by atoms with Crippen molar-refractivity contribution in [3.8, 4) is 0 Å². The molecule has 0 aliphatic heterocycles. The second-order valence-electron chi connectivity index (χ2n) is 3.73. The van der Waals surface area contributed by atoms with E-state index >= 15 is 0 Å². The molecule has 1 aromatic carbocycles. The summed E-state index contributed by atoms with van der Waals surface area (Å²) in [6.45, 7) is 0.524. The van der Waals surface area contributed by atoms with E-state index in [1.165, 1.54) is 6.07 Å². The summed E-state index contributed by atoms with van der Waals surface area (Å²) in [4.78, 5) is 12.0. The fourth-order valence-corrected chi connectivity index (χ4v) is 1.70. The van der Waals surface area contributed by atoms with Gasteiger partial charge >= 0.3 is 0 Å². The summed E-state index contributed by atoms with van der Waals surface area (Å²) in [6.07, 6.45) is 1.69. The third-order valence-corrected chi connectivity index (χ3v) is 2.70. The summed E-state index contributed by atoms with van der Waals surface area (Å²) in [6, 6.07) is 12.9. The summed E-state index contributed by atoms with van der Waals surface area (Å²) < 4.78 is 1.60. The summed E-state index contributed by atoms with van der Waals surface area (Å²) in [5.74, 6) is 0. The second-order valence-corrected chi connectivity index (χ2v) is 4.17. The molecule has 0 amide bonds. The first-order valence-electron chi connectivity index (χ1n) is 5.21. The van der Waals surface area contributed by atoms with Crippen molar-refractivity contribution < 1.29 is 0 Å². The molecule has 1 heterocycles. The molecule has 0 fully saturated rings. The van der Waals surface area contributed by atoms with Gasteiger partial charge in [0.15, 0.2) is 0 Å². The smallest absolute Gasteiger partial charge is 0.250 e. The predicted octanol–water partition coefficient (Wildman–Crippen LogP) is 1.53. The SMILES string of the molecule is NC(=S)c1ccc(=O)n(Cc2ccccc2)c1. The van der Waals surface area contributed by atoms with Gasteiger partial charge in [-0.3, -0.25) is 4.79 Å². The van der Waals surface area contributed by atoms with Gasteiger partial charge in [0.05, 0.1) is 6.54 Å². The van der Waals surface area contributed by atoms with E-state index in [4.69, 9.17) is 18.0 Å². The van der Waals surface area contributed by atoms with Crippen molar-refractivity contribution in [1.29, 1.82) is 0 Å². The molecule has 3 nitrogen and oxygen atoms in total. The zero-order valence-electron chi connectivity index (χ0n) is 9.17. The van der Waals surface area contributed by atoms with Crippen LogP contribution in [0.3, 0.4) is 0 Å². The van der Waals surface area contributed by atoms with E-state index in [0.717, 1.165) is 5.56 Å². The van der Waals surface area contributed by atoms with Crippen LogP contribution in [0.5, 0.6) is 0 Å². The standard InChI is InChI=1S/C13H12N2OS/c14-13(17)11-6-7-12(16)15(9-11)8-10-4-2-1-3-5-10/h1-7,9H,8H2,(H2,14,17). The van der Waals surface area contributed by atoms with Crippen LogP contribution in [0.25, 0.3) is 0 Å². The summed E-state index contributed by atoms with van der Waals surface area (Å²) in [5, 5.41) is 0. The lowest BCUT2D eigenvalue weighted by Gasteiger charge is -2.07. The highest BCUT2D eigenvalue weighted by molar-refractivity contribution is 7.80. The molecule has 17 heavy (non-hydrogen) atoms. The van der Waals surface area contributed by atoms with Crippen LogP contribution in [0.15, 0.2) is 53.5 Å². The predicted molar refractivity (Wildman–Crippen MR) is 72.1 cm³/mol. The Morgan fingerprint density at radius 2 is 1.88 bits per heavy atom. The second kappa shape index (κ2) is 4.93. The minimum absolute atomic E-state index is 0.0612. The van der Waals surface area contributed by atoms with Crippen LogP contribution >= 0.6 is 12.2 Å². The van der Waals surface area contributed by atoms with E-state index in [2.05, 4.69) is 0 Å². The fourth-order valence-electron chi connectivity index (χ4n) is 1.58. The number of thiocarbonyl (C=S) groups is 1. The van der Waals surface area contributed by atoms with E-state index < -0.39 is 0 Å². The average Bonchev–Trinajstić information content (AvgIpc) is 2.33. The Morgan fingerprint density at radius 1 is 1.18 bits per heavy atom. The van der Waals surface area contributed by atoms with Crippen LogP contribution in [-0.2, 0) is 6.54 Å². The molecule has 2 N–H and O–H groups in total. The minimum atomic E-state index is -0.0612. The molecular weight excluding hydrogens is 232 g/mol. The first-order valence-corrected chi connectivity index (χ1v) is 5.62. The van der Waals surface area contributed by atoms with Gasteiger partial charge in [-0.1, -0.05) is 42.5 Å². The molecule has 0 spiro atoms. The topological polar surface area (TPSA) is 48.0 Å². The molecule has 2 rings (SSSR count). The number of nitrogens with zero attached hydrogens (tertiary/aromatic N) is 1. The lowest BCUT2D eigenvalue weighted by molar-refractivity contribution is 0.758. The molecule has 0 atom stereocenters. The first kappa shape index (κ1) is 11.5. The third-order valence-electron chi connectivity index (χ3n) is 2.46. The van der Waals surface area contributed by atoms with Crippen LogP contribution in [0, 0.1) is 0 Å². The van der Waals surface area contributed by atoms with Gasteiger partial charge in [-0.2, -0.15) is 0 Å². The molecular formula is C13H12N2OS. The van der Waals surface area contributed by atoms with E-state index in [-0.39, 0.29) is 5.56 Å². The third kappa shape index (κ3) is 2.79. The van der Waals surface area contributed by atoms with Crippen molar-refractivity contribution in [2.24, 2.45) is 5.73 Å². The van der Waals surface area contributed by atoms with Gasteiger partial charge in [-0.15, -0.1) is 0 Å². The average molecular weight is 244 g/mol. The Labute approximate surface area is 105 Å². The molecule has 0 unspecified atom stereocenters. The Balaban J connectivity index is 2.36. The lowest BCUT2D eigenvalue weighted by atomic mass is 10.2.